The number of rotatable bonds is 4. The highest BCUT2D eigenvalue weighted by Crippen LogP contribution is 2.25. The molecule has 1 aromatic heterocycles. The van der Waals surface area contributed by atoms with E-state index in [9.17, 15) is 4.79 Å². The summed E-state index contributed by atoms with van der Waals surface area (Å²) in [6, 6.07) is 11.7. The fraction of sp³-hybridized carbons (Fsp3) is 0.267. The van der Waals surface area contributed by atoms with Gasteiger partial charge in [-0.25, -0.2) is 0 Å². The number of halogens is 1. The van der Waals surface area contributed by atoms with Crippen molar-refractivity contribution in [2.24, 2.45) is 0 Å². The van der Waals surface area contributed by atoms with Gasteiger partial charge in [-0.3, -0.25) is 4.79 Å². The van der Waals surface area contributed by atoms with Crippen molar-refractivity contribution in [3.8, 4) is 0 Å². The third kappa shape index (κ3) is 3.25. The van der Waals surface area contributed by atoms with Crippen LogP contribution >= 0.6 is 27.3 Å². The zero-order chi connectivity index (χ0) is 13.9. The third-order valence-electron chi connectivity index (χ3n) is 2.97. The lowest BCUT2D eigenvalue weighted by atomic mass is 10.0. The second-order valence-corrected chi connectivity index (χ2v) is 6.36. The van der Waals surface area contributed by atoms with E-state index in [1.165, 1.54) is 0 Å². The van der Waals surface area contributed by atoms with Gasteiger partial charge in [-0.1, -0.05) is 40.2 Å². The van der Waals surface area contributed by atoms with Crippen LogP contribution in [0.5, 0.6) is 0 Å². The first-order valence-electron chi connectivity index (χ1n) is 6.05. The fourth-order valence-corrected chi connectivity index (χ4v) is 3.20. The van der Waals surface area contributed by atoms with Crippen LogP contribution in [-0.4, -0.2) is 5.91 Å². The first-order chi connectivity index (χ1) is 9.04. The predicted octanol–water partition coefficient (Wildman–Crippen LogP) is 4.31. The van der Waals surface area contributed by atoms with Crippen LogP contribution in [-0.2, 0) is 10.9 Å². The number of benzene rings is 1. The van der Waals surface area contributed by atoms with Crippen molar-refractivity contribution in [1.82, 2.24) is 5.32 Å². The molecule has 0 spiro atoms. The van der Waals surface area contributed by atoms with Gasteiger partial charge < -0.3 is 5.32 Å². The van der Waals surface area contributed by atoms with Gasteiger partial charge >= 0.3 is 0 Å². The molecule has 0 aliphatic heterocycles. The minimum Gasteiger partial charge on any atom is -0.342 e. The average molecular weight is 338 g/mol. The van der Waals surface area contributed by atoms with E-state index in [-0.39, 0.29) is 11.4 Å². The van der Waals surface area contributed by atoms with E-state index < -0.39 is 0 Å². The maximum atomic E-state index is 12.4. The average Bonchev–Trinajstić information content (AvgIpc) is 2.93. The van der Waals surface area contributed by atoms with Crippen molar-refractivity contribution >= 4 is 33.2 Å². The van der Waals surface area contributed by atoms with E-state index in [0.29, 0.717) is 5.33 Å². The Morgan fingerprint density at radius 2 is 2.00 bits per heavy atom. The van der Waals surface area contributed by atoms with Crippen LogP contribution in [0.4, 0.5) is 0 Å². The van der Waals surface area contributed by atoms with Gasteiger partial charge in [0.25, 0.3) is 5.91 Å². The standard InChI is InChI=1S/C15H16BrNOS/c1-15(2,13-8-5-9-19-13)17-14(18)12-7-4-3-6-11(12)10-16/h3-9H,10H2,1-2H3,(H,17,18). The molecule has 0 saturated carbocycles. The number of hydrogen-bond acceptors (Lipinski definition) is 2. The van der Waals surface area contributed by atoms with Gasteiger partial charge in [-0.05, 0) is 36.9 Å². The number of nitrogens with one attached hydrogen (secondary N) is 1. The fourth-order valence-electron chi connectivity index (χ4n) is 1.91. The van der Waals surface area contributed by atoms with Gasteiger partial charge in [0.2, 0.25) is 0 Å². The van der Waals surface area contributed by atoms with Crippen LogP contribution in [0.1, 0.15) is 34.6 Å². The van der Waals surface area contributed by atoms with E-state index in [4.69, 9.17) is 0 Å². The number of carbonyl (C=O) groups excluding carboxylic acids is 1. The molecule has 19 heavy (non-hydrogen) atoms. The first kappa shape index (κ1) is 14.3. The number of amides is 1. The van der Waals surface area contributed by atoms with Crippen molar-refractivity contribution in [2.75, 3.05) is 0 Å². The lowest BCUT2D eigenvalue weighted by Gasteiger charge is -2.25. The summed E-state index contributed by atoms with van der Waals surface area (Å²) in [4.78, 5) is 13.6. The molecule has 1 N–H and O–H groups in total. The van der Waals surface area contributed by atoms with Crippen LogP contribution in [0, 0.1) is 0 Å². The number of hydrogen-bond donors (Lipinski definition) is 1. The van der Waals surface area contributed by atoms with E-state index in [1.807, 2.05) is 55.6 Å². The molecule has 100 valence electrons. The maximum Gasteiger partial charge on any atom is 0.252 e. The Bertz CT molecular complexity index is 563. The Morgan fingerprint density at radius 3 is 2.63 bits per heavy atom. The molecule has 0 saturated heterocycles. The highest BCUT2D eigenvalue weighted by atomic mass is 79.9. The Labute approximate surface area is 126 Å². The molecule has 0 fully saturated rings. The van der Waals surface area contributed by atoms with E-state index in [0.717, 1.165) is 16.0 Å². The Morgan fingerprint density at radius 1 is 1.26 bits per heavy atom. The molecule has 0 radical (unpaired) electrons. The minimum atomic E-state index is -0.356. The highest BCUT2D eigenvalue weighted by Gasteiger charge is 2.25. The zero-order valence-electron chi connectivity index (χ0n) is 10.9. The maximum absolute atomic E-state index is 12.4. The molecule has 0 unspecified atom stereocenters. The SMILES string of the molecule is CC(C)(NC(=O)c1ccccc1CBr)c1cccs1. The molecule has 2 nitrogen and oxygen atoms in total. The largest absolute Gasteiger partial charge is 0.342 e. The monoisotopic (exact) mass is 337 g/mol. The van der Waals surface area contributed by atoms with E-state index in [1.54, 1.807) is 11.3 Å². The summed E-state index contributed by atoms with van der Waals surface area (Å²) >= 11 is 5.07. The molecule has 1 amide bonds. The normalized spacial score (nSPS) is 11.3. The summed E-state index contributed by atoms with van der Waals surface area (Å²) in [5.41, 5.74) is 1.37. The molecular formula is C15H16BrNOS. The number of alkyl halides is 1. The first-order valence-corrected chi connectivity index (χ1v) is 8.05. The molecule has 1 heterocycles. The number of carbonyl (C=O) groups is 1. The van der Waals surface area contributed by atoms with Gasteiger partial charge in [0.1, 0.15) is 0 Å². The van der Waals surface area contributed by atoms with Crippen molar-refractivity contribution in [1.29, 1.82) is 0 Å². The molecule has 0 aliphatic rings. The Balaban J connectivity index is 2.22. The number of thiophene rings is 1. The molecule has 2 aromatic rings. The quantitative estimate of drug-likeness (QED) is 0.827. The van der Waals surface area contributed by atoms with Gasteiger partial charge in [-0.2, -0.15) is 0 Å². The lowest BCUT2D eigenvalue weighted by Crippen LogP contribution is -2.40. The predicted molar refractivity (Wildman–Crippen MR) is 83.9 cm³/mol. The van der Waals surface area contributed by atoms with Crippen LogP contribution in [0.25, 0.3) is 0 Å². The summed E-state index contributed by atoms with van der Waals surface area (Å²) in [5, 5.41) is 5.80. The van der Waals surface area contributed by atoms with Crippen molar-refractivity contribution in [2.45, 2.75) is 24.7 Å². The van der Waals surface area contributed by atoms with Crippen molar-refractivity contribution in [3.63, 3.8) is 0 Å². The van der Waals surface area contributed by atoms with Crippen LogP contribution in [0.3, 0.4) is 0 Å². The summed E-state index contributed by atoms with van der Waals surface area (Å²) in [6.07, 6.45) is 0. The topological polar surface area (TPSA) is 29.1 Å². The van der Waals surface area contributed by atoms with Gasteiger partial charge in [-0.15, -0.1) is 11.3 Å². The molecule has 0 bridgehead atoms. The molecule has 2 rings (SSSR count). The highest BCUT2D eigenvalue weighted by molar-refractivity contribution is 9.08. The lowest BCUT2D eigenvalue weighted by molar-refractivity contribution is 0.0912. The molecule has 4 heteroatoms. The van der Waals surface area contributed by atoms with Gasteiger partial charge in [0.15, 0.2) is 0 Å². The van der Waals surface area contributed by atoms with Gasteiger partial charge in [0.05, 0.1) is 5.54 Å². The molecular weight excluding hydrogens is 322 g/mol. The van der Waals surface area contributed by atoms with Gasteiger partial charge in [0, 0.05) is 15.8 Å². The molecule has 0 atom stereocenters. The summed E-state index contributed by atoms with van der Waals surface area (Å²) in [6.45, 7) is 4.04. The summed E-state index contributed by atoms with van der Waals surface area (Å²) in [5.74, 6) is -0.0338. The van der Waals surface area contributed by atoms with E-state index >= 15 is 0 Å². The minimum absolute atomic E-state index is 0.0338. The van der Waals surface area contributed by atoms with Crippen molar-refractivity contribution in [3.05, 3.63) is 57.8 Å². The third-order valence-corrected chi connectivity index (χ3v) is 4.77. The van der Waals surface area contributed by atoms with E-state index in [2.05, 4.69) is 21.2 Å². The summed E-state index contributed by atoms with van der Waals surface area (Å²) < 4.78 is 0. The second-order valence-electron chi connectivity index (χ2n) is 4.85. The Hall–Kier alpha value is -1.13. The smallest absolute Gasteiger partial charge is 0.252 e. The molecule has 0 aliphatic carbocycles. The van der Waals surface area contributed by atoms with Crippen LogP contribution in [0.2, 0.25) is 0 Å². The van der Waals surface area contributed by atoms with Crippen LogP contribution in [0.15, 0.2) is 41.8 Å². The summed E-state index contributed by atoms with van der Waals surface area (Å²) in [7, 11) is 0. The van der Waals surface area contributed by atoms with Crippen molar-refractivity contribution < 1.29 is 4.79 Å². The second kappa shape index (κ2) is 5.88. The Kier molecular flexibility index (Phi) is 4.42. The zero-order valence-corrected chi connectivity index (χ0v) is 13.3. The molecule has 1 aromatic carbocycles. The van der Waals surface area contributed by atoms with Crippen LogP contribution < -0.4 is 5.32 Å².